The number of benzene rings is 2. The average molecular weight is 399 g/mol. The molecule has 1 heterocycles. The highest BCUT2D eigenvalue weighted by molar-refractivity contribution is 6.05. The van der Waals surface area contributed by atoms with Crippen LogP contribution in [0.3, 0.4) is 0 Å². The number of aromatic nitrogens is 1. The summed E-state index contributed by atoms with van der Waals surface area (Å²) in [6.07, 6.45) is 1.59. The lowest BCUT2D eigenvalue weighted by molar-refractivity contribution is 0.102. The number of anilines is 4. The van der Waals surface area contributed by atoms with Crippen molar-refractivity contribution in [3.63, 3.8) is 0 Å². The van der Waals surface area contributed by atoms with Crippen molar-refractivity contribution in [2.24, 2.45) is 0 Å². The fourth-order valence-electron chi connectivity index (χ4n) is 3.24. The van der Waals surface area contributed by atoms with Crippen LogP contribution in [0.4, 0.5) is 22.9 Å². The number of nitrogens with one attached hydrogen (secondary N) is 2. The van der Waals surface area contributed by atoms with Gasteiger partial charge in [0.15, 0.2) is 0 Å². The highest BCUT2D eigenvalue weighted by Gasteiger charge is 2.11. The summed E-state index contributed by atoms with van der Waals surface area (Å²) in [4.78, 5) is 19.3. The molecule has 6 heteroatoms. The summed E-state index contributed by atoms with van der Waals surface area (Å²) < 4.78 is 0. The minimum Gasteiger partial charge on any atom is -0.372 e. The van der Waals surface area contributed by atoms with E-state index in [1.54, 1.807) is 42.6 Å². The monoisotopic (exact) mass is 399 g/mol. The number of carbonyl (C=O) groups excluding carboxylic acids is 1. The first-order chi connectivity index (χ1) is 14.5. The van der Waals surface area contributed by atoms with Crippen LogP contribution >= 0.6 is 0 Å². The Morgan fingerprint density at radius 2 is 1.83 bits per heavy atom. The number of nitrogens with zero attached hydrogens (tertiary/aromatic N) is 3. The van der Waals surface area contributed by atoms with Gasteiger partial charge in [0.05, 0.1) is 11.3 Å². The number of hydrogen-bond donors (Lipinski definition) is 2. The van der Waals surface area contributed by atoms with Crippen LogP contribution in [0.25, 0.3) is 0 Å². The maximum absolute atomic E-state index is 12.7. The summed E-state index contributed by atoms with van der Waals surface area (Å²) in [5.41, 5.74) is 4.57. The van der Waals surface area contributed by atoms with E-state index in [9.17, 15) is 10.1 Å². The van der Waals surface area contributed by atoms with E-state index in [1.807, 2.05) is 13.0 Å². The van der Waals surface area contributed by atoms with Gasteiger partial charge in [-0.05, 0) is 68.8 Å². The summed E-state index contributed by atoms with van der Waals surface area (Å²) in [6.45, 7) is 8.23. The Morgan fingerprint density at radius 1 is 1.07 bits per heavy atom. The van der Waals surface area contributed by atoms with E-state index < -0.39 is 0 Å². The minimum atomic E-state index is -0.295. The molecule has 0 bridgehead atoms. The second-order valence-corrected chi connectivity index (χ2v) is 6.84. The molecule has 0 aliphatic rings. The highest BCUT2D eigenvalue weighted by atomic mass is 16.1. The van der Waals surface area contributed by atoms with Gasteiger partial charge in [-0.2, -0.15) is 5.26 Å². The second-order valence-electron chi connectivity index (χ2n) is 6.84. The Morgan fingerprint density at radius 3 is 2.53 bits per heavy atom. The fourth-order valence-corrected chi connectivity index (χ4v) is 3.24. The third-order valence-corrected chi connectivity index (χ3v) is 4.92. The van der Waals surface area contributed by atoms with Gasteiger partial charge in [0, 0.05) is 36.2 Å². The summed E-state index contributed by atoms with van der Waals surface area (Å²) in [5.74, 6) is 0.284. The lowest BCUT2D eigenvalue weighted by Crippen LogP contribution is -2.21. The zero-order chi connectivity index (χ0) is 21.5. The molecule has 0 aliphatic heterocycles. The molecule has 3 rings (SSSR count). The maximum Gasteiger partial charge on any atom is 0.255 e. The van der Waals surface area contributed by atoms with Gasteiger partial charge >= 0.3 is 0 Å². The standard InChI is InChI=1S/C24H25N5O/c1-4-29(5-2)20-10-11-21(17(3)14-20)27-23-15-18(12-13-26-23)24(30)28-22-9-7-6-8-19(22)16-25/h6-15H,4-5H2,1-3H3,(H,26,27)(H,28,30). The summed E-state index contributed by atoms with van der Waals surface area (Å²) >= 11 is 0. The van der Waals surface area contributed by atoms with Gasteiger partial charge in [-0.1, -0.05) is 12.1 Å². The van der Waals surface area contributed by atoms with Gasteiger partial charge in [0.25, 0.3) is 5.91 Å². The lowest BCUT2D eigenvalue weighted by Gasteiger charge is -2.22. The van der Waals surface area contributed by atoms with Crippen molar-refractivity contribution in [2.45, 2.75) is 20.8 Å². The molecule has 0 spiro atoms. The first kappa shape index (κ1) is 20.9. The molecule has 0 aliphatic carbocycles. The molecule has 1 amide bonds. The third-order valence-electron chi connectivity index (χ3n) is 4.92. The molecule has 30 heavy (non-hydrogen) atoms. The normalized spacial score (nSPS) is 10.2. The minimum absolute atomic E-state index is 0.295. The van der Waals surface area contributed by atoms with Crippen molar-refractivity contribution in [3.8, 4) is 6.07 Å². The van der Waals surface area contributed by atoms with Crippen molar-refractivity contribution < 1.29 is 4.79 Å². The average Bonchev–Trinajstić information content (AvgIpc) is 2.77. The number of aryl methyl sites for hydroxylation is 1. The van der Waals surface area contributed by atoms with Gasteiger partial charge in [0.2, 0.25) is 0 Å². The number of hydrogen-bond acceptors (Lipinski definition) is 5. The number of amides is 1. The van der Waals surface area contributed by atoms with E-state index in [0.29, 0.717) is 22.6 Å². The predicted molar refractivity (Wildman–Crippen MR) is 121 cm³/mol. The largest absolute Gasteiger partial charge is 0.372 e. The molecule has 3 aromatic rings. The topological polar surface area (TPSA) is 81.0 Å². The molecule has 1 aromatic heterocycles. The molecular formula is C24H25N5O. The molecule has 2 aromatic carbocycles. The van der Waals surface area contributed by atoms with Crippen LogP contribution in [0, 0.1) is 18.3 Å². The van der Waals surface area contributed by atoms with Crippen molar-refractivity contribution in [1.29, 1.82) is 5.26 Å². The zero-order valence-corrected chi connectivity index (χ0v) is 17.4. The SMILES string of the molecule is CCN(CC)c1ccc(Nc2cc(C(=O)Nc3ccccc3C#N)ccn2)c(C)c1. The van der Waals surface area contributed by atoms with Crippen molar-refractivity contribution >= 4 is 28.8 Å². The van der Waals surface area contributed by atoms with Crippen molar-refractivity contribution in [3.05, 3.63) is 77.5 Å². The Kier molecular flexibility index (Phi) is 6.66. The molecule has 2 N–H and O–H groups in total. The maximum atomic E-state index is 12.7. The van der Waals surface area contributed by atoms with Gasteiger partial charge < -0.3 is 15.5 Å². The van der Waals surface area contributed by atoms with E-state index >= 15 is 0 Å². The molecule has 0 saturated carbocycles. The van der Waals surface area contributed by atoms with Crippen LogP contribution in [-0.4, -0.2) is 24.0 Å². The first-order valence-corrected chi connectivity index (χ1v) is 9.94. The number of nitriles is 1. The zero-order valence-electron chi connectivity index (χ0n) is 17.4. The molecule has 0 unspecified atom stereocenters. The predicted octanol–water partition coefficient (Wildman–Crippen LogP) is 5.10. The van der Waals surface area contributed by atoms with Crippen molar-refractivity contribution in [2.75, 3.05) is 28.6 Å². The van der Waals surface area contributed by atoms with Crippen LogP contribution in [0.15, 0.2) is 60.8 Å². The molecular weight excluding hydrogens is 374 g/mol. The summed E-state index contributed by atoms with van der Waals surface area (Å²) in [7, 11) is 0. The van der Waals surface area contributed by atoms with Crippen LogP contribution in [0.5, 0.6) is 0 Å². The van der Waals surface area contributed by atoms with Crippen LogP contribution in [0.2, 0.25) is 0 Å². The van der Waals surface area contributed by atoms with Crippen LogP contribution in [-0.2, 0) is 0 Å². The van der Waals surface area contributed by atoms with E-state index in [-0.39, 0.29) is 5.91 Å². The molecule has 0 radical (unpaired) electrons. The van der Waals surface area contributed by atoms with E-state index in [4.69, 9.17) is 0 Å². The Labute approximate surface area is 177 Å². The number of pyridine rings is 1. The smallest absolute Gasteiger partial charge is 0.255 e. The van der Waals surface area contributed by atoms with E-state index in [0.717, 1.165) is 24.3 Å². The Balaban J connectivity index is 1.77. The molecule has 152 valence electrons. The number of carbonyl (C=O) groups is 1. The second kappa shape index (κ2) is 9.57. The lowest BCUT2D eigenvalue weighted by atomic mass is 10.1. The third kappa shape index (κ3) is 4.76. The number of para-hydroxylation sites is 1. The summed E-state index contributed by atoms with van der Waals surface area (Å²) in [5, 5.41) is 15.3. The Bertz CT molecular complexity index is 1080. The molecule has 6 nitrogen and oxygen atoms in total. The van der Waals surface area contributed by atoms with E-state index in [2.05, 4.69) is 52.6 Å². The molecule has 0 fully saturated rings. The van der Waals surface area contributed by atoms with Crippen molar-refractivity contribution in [1.82, 2.24) is 4.98 Å². The molecule has 0 atom stereocenters. The van der Waals surface area contributed by atoms with Gasteiger partial charge in [-0.3, -0.25) is 4.79 Å². The van der Waals surface area contributed by atoms with Crippen LogP contribution in [0.1, 0.15) is 35.3 Å². The molecule has 0 saturated heterocycles. The number of rotatable bonds is 7. The summed E-state index contributed by atoms with van der Waals surface area (Å²) in [6, 6.07) is 18.6. The van der Waals surface area contributed by atoms with Crippen LogP contribution < -0.4 is 15.5 Å². The van der Waals surface area contributed by atoms with Gasteiger partial charge in [-0.15, -0.1) is 0 Å². The van der Waals surface area contributed by atoms with E-state index in [1.165, 1.54) is 5.69 Å². The first-order valence-electron chi connectivity index (χ1n) is 9.94. The van der Waals surface area contributed by atoms with Gasteiger partial charge in [0.1, 0.15) is 11.9 Å². The quantitative estimate of drug-likeness (QED) is 0.577. The van der Waals surface area contributed by atoms with Gasteiger partial charge in [-0.25, -0.2) is 4.98 Å². The highest BCUT2D eigenvalue weighted by Crippen LogP contribution is 2.25. The fraction of sp³-hybridized carbons (Fsp3) is 0.208. The Hall–Kier alpha value is -3.85.